The van der Waals surface area contributed by atoms with E-state index in [1.54, 1.807) is 45.0 Å². The van der Waals surface area contributed by atoms with Gasteiger partial charge >= 0.3 is 12.1 Å². The van der Waals surface area contributed by atoms with Crippen molar-refractivity contribution < 1.29 is 33.8 Å². The molecule has 0 fully saturated rings. The standard InChI is InChI=1S/C30H41N3O7/c1-8-20(3)33(26(22-13-9-19(2)10-14-22)27(36)31-18-25(35)39-7)28(37)24(32-29(38)40-30(4,5)6)17-21-11-15-23(34)16-12-21/h9-16,20,24,26,34H,8,17-18H2,1-7H3,(H,31,36)(H,32,38). The molecule has 0 spiro atoms. The molecule has 0 saturated carbocycles. The van der Waals surface area contributed by atoms with Crippen LogP contribution in [0.2, 0.25) is 0 Å². The van der Waals surface area contributed by atoms with Crippen LogP contribution in [0.15, 0.2) is 48.5 Å². The third-order valence-corrected chi connectivity index (χ3v) is 6.24. The Morgan fingerprint density at radius 1 is 1.00 bits per heavy atom. The minimum atomic E-state index is -1.10. The highest BCUT2D eigenvalue weighted by Crippen LogP contribution is 2.27. The van der Waals surface area contributed by atoms with Crippen LogP contribution in [0.3, 0.4) is 0 Å². The maximum absolute atomic E-state index is 14.3. The van der Waals surface area contributed by atoms with Crippen LogP contribution < -0.4 is 10.6 Å². The Kier molecular flexibility index (Phi) is 11.5. The zero-order valence-corrected chi connectivity index (χ0v) is 24.3. The smallest absolute Gasteiger partial charge is 0.408 e. The lowest BCUT2D eigenvalue weighted by Gasteiger charge is -2.38. The van der Waals surface area contributed by atoms with E-state index in [-0.39, 0.29) is 18.7 Å². The van der Waals surface area contributed by atoms with Crippen molar-refractivity contribution in [1.29, 1.82) is 0 Å². The maximum Gasteiger partial charge on any atom is 0.408 e. The molecule has 3 N–H and O–H groups in total. The van der Waals surface area contributed by atoms with Gasteiger partial charge in [0.2, 0.25) is 11.8 Å². The number of amides is 3. The molecule has 0 heterocycles. The van der Waals surface area contributed by atoms with Gasteiger partial charge in [-0.05, 0) is 64.3 Å². The predicted molar refractivity (Wildman–Crippen MR) is 151 cm³/mol. The number of methoxy groups -OCH3 is 1. The minimum Gasteiger partial charge on any atom is -0.508 e. The first-order valence-electron chi connectivity index (χ1n) is 13.3. The van der Waals surface area contributed by atoms with Gasteiger partial charge in [-0.25, -0.2) is 4.79 Å². The molecule has 10 heteroatoms. The fourth-order valence-corrected chi connectivity index (χ4v) is 4.01. The quantitative estimate of drug-likeness (QED) is 0.359. The van der Waals surface area contributed by atoms with Gasteiger partial charge in [0.15, 0.2) is 0 Å². The van der Waals surface area contributed by atoms with Gasteiger partial charge in [0, 0.05) is 12.5 Å². The fourth-order valence-electron chi connectivity index (χ4n) is 4.01. The Labute approximate surface area is 236 Å². The van der Waals surface area contributed by atoms with E-state index in [2.05, 4.69) is 15.4 Å². The van der Waals surface area contributed by atoms with E-state index in [1.165, 1.54) is 24.1 Å². The molecule has 218 valence electrons. The molecular weight excluding hydrogens is 514 g/mol. The van der Waals surface area contributed by atoms with Gasteiger partial charge in [0.05, 0.1) is 7.11 Å². The van der Waals surface area contributed by atoms with E-state index in [1.807, 2.05) is 32.9 Å². The van der Waals surface area contributed by atoms with Crippen molar-refractivity contribution in [2.75, 3.05) is 13.7 Å². The van der Waals surface area contributed by atoms with E-state index in [0.717, 1.165) is 5.56 Å². The third-order valence-electron chi connectivity index (χ3n) is 6.24. The van der Waals surface area contributed by atoms with Crippen LogP contribution in [0.1, 0.15) is 63.8 Å². The zero-order valence-electron chi connectivity index (χ0n) is 24.3. The van der Waals surface area contributed by atoms with Crippen molar-refractivity contribution in [3.8, 4) is 5.75 Å². The Morgan fingerprint density at radius 2 is 1.60 bits per heavy atom. The average Bonchev–Trinajstić information content (AvgIpc) is 2.89. The number of carbonyl (C=O) groups excluding carboxylic acids is 4. The first-order valence-corrected chi connectivity index (χ1v) is 13.3. The van der Waals surface area contributed by atoms with Crippen molar-refractivity contribution in [1.82, 2.24) is 15.5 Å². The molecule has 0 aliphatic carbocycles. The molecule has 3 unspecified atom stereocenters. The lowest BCUT2D eigenvalue weighted by molar-refractivity contribution is -0.146. The number of aromatic hydroxyl groups is 1. The lowest BCUT2D eigenvalue weighted by atomic mass is 9.97. The molecule has 0 aliphatic heterocycles. The number of phenols is 1. The molecule has 0 saturated heterocycles. The van der Waals surface area contributed by atoms with Crippen molar-refractivity contribution in [3.05, 3.63) is 65.2 Å². The summed E-state index contributed by atoms with van der Waals surface area (Å²) in [5.41, 5.74) is 1.39. The van der Waals surface area contributed by atoms with Gasteiger partial charge in [-0.2, -0.15) is 0 Å². The molecule has 2 aromatic rings. The molecule has 0 bridgehead atoms. The van der Waals surface area contributed by atoms with Crippen molar-refractivity contribution in [2.45, 2.75) is 78.1 Å². The number of hydrogen-bond acceptors (Lipinski definition) is 7. The van der Waals surface area contributed by atoms with Crippen LogP contribution in [0, 0.1) is 6.92 Å². The molecule has 0 aliphatic rings. The maximum atomic E-state index is 14.3. The molecule has 2 rings (SSSR count). The molecule has 3 atom stereocenters. The number of rotatable bonds is 11. The third kappa shape index (κ3) is 9.59. The van der Waals surface area contributed by atoms with Gasteiger partial charge in [0.1, 0.15) is 30.0 Å². The van der Waals surface area contributed by atoms with Gasteiger partial charge in [-0.15, -0.1) is 0 Å². The van der Waals surface area contributed by atoms with Crippen molar-refractivity contribution in [2.24, 2.45) is 0 Å². The van der Waals surface area contributed by atoms with E-state index >= 15 is 0 Å². The highest BCUT2D eigenvalue weighted by Gasteiger charge is 2.38. The summed E-state index contributed by atoms with van der Waals surface area (Å²) in [5.74, 6) is -1.64. The molecule has 0 aromatic heterocycles. The van der Waals surface area contributed by atoms with Crippen LogP contribution in [0.25, 0.3) is 0 Å². The van der Waals surface area contributed by atoms with E-state index in [0.29, 0.717) is 17.5 Å². The van der Waals surface area contributed by atoms with Gasteiger partial charge in [-0.1, -0.05) is 48.9 Å². The zero-order chi connectivity index (χ0) is 30.0. The molecular formula is C30H41N3O7. The summed E-state index contributed by atoms with van der Waals surface area (Å²) in [4.78, 5) is 54.0. The monoisotopic (exact) mass is 555 g/mol. The number of nitrogens with zero attached hydrogens (tertiary/aromatic N) is 1. The normalized spacial score (nSPS) is 13.4. The number of alkyl carbamates (subject to hydrolysis) is 1. The van der Waals surface area contributed by atoms with E-state index in [9.17, 15) is 24.3 Å². The number of carbonyl (C=O) groups is 4. The van der Waals surface area contributed by atoms with Crippen molar-refractivity contribution >= 4 is 23.9 Å². The predicted octanol–water partition coefficient (Wildman–Crippen LogP) is 3.79. The van der Waals surface area contributed by atoms with Crippen LogP contribution >= 0.6 is 0 Å². The number of ether oxygens (including phenoxy) is 2. The van der Waals surface area contributed by atoms with E-state index < -0.39 is 47.6 Å². The lowest BCUT2D eigenvalue weighted by Crippen LogP contribution is -2.56. The second-order valence-electron chi connectivity index (χ2n) is 10.7. The minimum absolute atomic E-state index is 0.0645. The van der Waals surface area contributed by atoms with Crippen LogP contribution in [-0.4, -0.2) is 65.2 Å². The van der Waals surface area contributed by atoms with Gasteiger partial charge < -0.3 is 30.1 Å². The Balaban J connectivity index is 2.57. The second kappa shape index (κ2) is 14.3. The summed E-state index contributed by atoms with van der Waals surface area (Å²) in [6.07, 6.45) is -0.192. The molecule has 0 radical (unpaired) electrons. The Morgan fingerprint density at radius 3 is 2.12 bits per heavy atom. The van der Waals surface area contributed by atoms with E-state index in [4.69, 9.17) is 4.74 Å². The number of aryl methyl sites for hydroxylation is 1. The van der Waals surface area contributed by atoms with Crippen LogP contribution in [0.5, 0.6) is 5.75 Å². The van der Waals surface area contributed by atoms with Crippen LogP contribution in [0.4, 0.5) is 4.79 Å². The molecule has 2 aromatic carbocycles. The Hall–Kier alpha value is -4.08. The van der Waals surface area contributed by atoms with Gasteiger partial charge in [0.25, 0.3) is 0 Å². The first-order chi connectivity index (χ1) is 18.7. The number of nitrogens with one attached hydrogen (secondary N) is 2. The average molecular weight is 556 g/mol. The summed E-state index contributed by atoms with van der Waals surface area (Å²) in [5, 5.41) is 15.0. The first kappa shape index (κ1) is 32.1. The summed E-state index contributed by atoms with van der Waals surface area (Å²) in [7, 11) is 1.22. The van der Waals surface area contributed by atoms with Crippen LogP contribution in [-0.2, 0) is 30.3 Å². The molecule has 3 amide bonds. The second-order valence-corrected chi connectivity index (χ2v) is 10.7. The number of hydrogen-bond donors (Lipinski definition) is 3. The number of benzene rings is 2. The topological polar surface area (TPSA) is 134 Å². The van der Waals surface area contributed by atoms with Gasteiger partial charge in [-0.3, -0.25) is 14.4 Å². The molecule has 10 nitrogen and oxygen atoms in total. The van der Waals surface area contributed by atoms with Crippen molar-refractivity contribution in [3.63, 3.8) is 0 Å². The Bertz CT molecular complexity index is 1160. The SMILES string of the molecule is CCC(C)N(C(=O)C(Cc1ccc(O)cc1)NC(=O)OC(C)(C)C)C(C(=O)NCC(=O)OC)c1ccc(C)cc1. The highest BCUT2D eigenvalue weighted by atomic mass is 16.6. The number of esters is 1. The fraction of sp³-hybridized carbons (Fsp3) is 0.467. The summed E-state index contributed by atoms with van der Waals surface area (Å²) < 4.78 is 10.1. The highest BCUT2D eigenvalue weighted by molar-refractivity contribution is 5.93. The number of phenolic OH excluding ortho intramolecular Hbond substituents is 1. The summed E-state index contributed by atoms with van der Waals surface area (Å²) in [6.45, 7) is 10.4. The summed E-state index contributed by atoms with van der Waals surface area (Å²) >= 11 is 0. The summed E-state index contributed by atoms with van der Waals surface area (Å²) in [6, 6.07) is 10.9. The largest absolute Gasteiger partial charge is 0.508 e. The molecule has 40 heavy (non-hydrogen) atoms.